The van der Waals surface area contributed by atoms with E-state index in [0.717, 1.165) is 6.92 Å². The van der Waals surface area contributed by atoms with Crippen molar-refractivity contribution in [3.63, 3.8) is 0 Å². The Morgan fingerprint density at radius 3 is 2.10 bits per heavy atom. The van der Waals surface area contributed by atoms with Crippen LogP contribution in [0.15, 0.2) is 0 Å². The number of aliphatic hydroxyl groups is 1. The summed E-state index contributed by atoms with van der Waals surface area (Å²) >= 11 is 0. The second-order valence-corrected chi connectivity index (χ2v) is 4.73. The maximum Gasteiger partial charge on any atom is 0.303 e. The quantitative estimate of drug-likeness (QED) is 0.587. The Kier molecular flexibility index (Phi) is 5.19. The van der Waals surface area contributed by atoms with Crippen LogP contribution in [0.1, 0.15) is 19.8 Å². The lowest BCUT2D eigenvalue weighted by atomic mass is 9.80. The molecule has 3 N–H and O–H groups in total. The van der Waals surface area contributed by atoms with Crippen molar-refractivity contribution in [2.75, 3.05) is 0 Å². The molecule has 110 valence electrons. The fourth-order valence-corrected chi connectivity index (χ4v) is 2.43. The molecular weight excluding hydrogens is 270 g/mol. The third-order valence-electron chi connectivity index (χ3n) is 3.34. The predicted octanol–water partition coefficient (Wildman–Crippen LogP) is -0.591. The SMILES string of the molecule is CC(=O)C(O)C1OC(C#N)C(CC(=O)O)C1CC(=O)O. The first kappa shape index (κ1) is 16.1. The molecule has 1 saturated heterocycles. The van der Waals surface area contributed by atoms with Crippen molar-refractivity contribution in [1.29, 1.82) is 5.26 Å². The lowest BCUT2D eigenvalue weighted by Crippen LogP contribution is -2.38. The van der Waals surface area contributed by atoms with Gasteiger partial charge in [0.2, 0.25) is 0 Å². The molecular formula is C12H15NO7. The Labute approximate surface area is 114 Å². The third-order valence-corrected chi connectivity index (χ3v) is 3.34. The molecule has 8 nitrogen and oxygen atoms in total. The van der Waals surface area contributed by atoms with Gasteiger partial charge >= 0.3 is 11.9 Å². The number of ether oxygens (including phenoxy) is 1. The van der Waals surface area contributed by atoms with Crippen LogP contribution in [0.5, 0.6) is 0 Å². The van der Waals surface area contributed by atoms with Gasteiger partial charge < -0.3 is 20.1 Å². The zero-order valence-electron chi connectivity index (χ0n) is 10.7. The van der Waals surface area contributed by atoms with Crippen LogP contribution in [0.2, 0.25) is 0 Å². The van der Waals surface area contributed by atoms with Gasteiger partial charge in [-0.2, -0.15) is 5.26 Å². The van der Waals surface area contributed by atoms with Crippen molar-refractivity contribution in [3.8, 4) is 6.07 Å². The molecule has 0 aliphatic carbocycles. The minimum Gasteiger partial charge on any atom is -0.481 e. The van der Waals surface area contributed by atoms with Crippen molar-refractivity contribution >= 4 is 17.7 Å². The summed E-state index contributed by atoms with van der Waals surface area (Å²) < 4.78 is 5.20. The molecule has 1 rings (SSSR count). The number of aliphatic carboxylic acids is 2. The molecule has 20 heavy (non-hydrogen) atoms. The van der Waals surface area contributed by atoms with E-state index in [1.165, 1.54) is 0 Å². The second kappa shape index (κ2) is 6.45. The van der Waals surface area contributed by atoms with Gasteiger partial charge in [0.1, 0.15) is 12.2 Å². The number of hydrogen-bond donors (Lipinski definition) is 3. The second-order valence-electron chi connectivity index (χ2n) is 4.73. The highest BCUT2D eigenvalue weighted by Crippen LogP contribution is 2.38. The standard InChI is InChI=1S/C12H15NO7/c1-5(14)11(19)12-7(3-10(17)18)6(2-9(15)16)8(4-13)20-12/h6-8,11-12,19H,2-3H2,1H3,(H,15,16)(H,17,18). The van der Waals surface area contributed by atoms with E-state index in [-0.39, 0.29) is 0 Å². The largest absolute Gasteiger partial charge is 0.481 e. The van der Waals surface area contributed by atoms with E-state index in [2.05, 4.69) is 0 Å². The van der Waals surface area contributed by atoms with Gasteiger partial charge in [-0.3, -0.25) is 14.4 Å². The summed E-state index contributed by atoms with van der Waals surface area (Å²) in [5.74, 6) is -4.83. The molecule has 1 aliphatic heterocycles. The molecule has 0 amide bonds. The first-order valence-corrected chi connectivity index (χ1v) is 5.95. The Morgan fingerprint density at radius 1 is 1.20 bits per heavy atom. The zero-order chi connectivity index (χ0) is 15.4. The molecule has 5 unspecified atom stereocenters. The van der Waals surface area contributed by atoms with Crippen LogP contribution < -0.4 is 0 Å². The number of carboxylic acid groups (broad SMARTS) is 2. The summed E-state index contributed by atoms with van der Waals surface area (Å²) in [5, 5.41) is 36.4. The van der Waals surface area contributed by atoms with Gasteiger partial charge in [0.05, 0.1) is 25.0 Å². The first-order chi connectivity index (χ1) is 9.27. The summed E-state index contributed by atoms with van der Waals surface area (Å²) in [6.45, 7) is 1.11. The van der Waals surface area contributed by atoms with Gasteiger partial charge in [0.25, 0.3) is 0 Å². The van der Waals surface area contributed by atoms with E-state index in [0.29, 0.717) is 0 Å². The van der Waals surface area contributed by atoms with E-state index in [9.17, 15) is 19.5 Å². The van der Waals surface area contributed by atoms with Gasteiger partial charge in [-0.15, -0.1) is 0 Å². The van der Waals surface area contributed by atoms with E-state index >= 15 is 0 Å². The highest BCUT2D eigenvalue weighted by atomic mass is 16.5. The highest BCUT2D eigenvalue weighted by molar-refractivity contribution is 5.81. The van der Waals surface area contributed by atoms with E-state index in [1.54, 1.807) is 6.07 Å². The Bertz CT molecular complexity index is 455. The van der Waals surface area contributed by atoms with Crippen LogP contribution in [-0.2, 0) is 19.1 Å². The van der Waals surface area contributed by atoms with E-state index < -0.39 is 60.7 Å². The normalized spacial score (nSPS) is 30.4. The summed E-state index contributed by atoms with van der Waals surface area (Å²) in [7, 11) is 0. The molecule has 0 radical (unpaired) electrons. The fraction of sp³-hybridized carbons (Fsp3) is 0.667. The molecule has 1 heterocycles. The number of nitriles is 1. The topological polar surface area (TPSA) is 145 Å². The third kappa shape index (κ3) is 3.53. The van der Waals surface area contributed by atoms with Gasteiger partial charge in [-0.05, 0) is 6.92 Å². The summed E-state index contributed by atoms with van der Waals surface area (Å²) in [4.78, 5) is 32.9. The Morgan fingerprint density at radius 2 is 1.70 bits per heavy atom. The van der Waals surface area contributed by atoms with Gasteiger partial charge in [-0.25, -0.2) is 0 Å². The average Bonchev–Trinajstić information content (AvgIpc) is 2.65. The van der Waals surface area contributed by atoms with Gasteiger partial charge in [-0.1, -0.05) is 0 Å². The lowest BCUT2D eigenvalue weighted by Gasteiger charge is -2.23. The molecule has 0 bridgehead atoms. The number of carboxylic acids is 2. The average molecular weight is 285 g/mol. The molecule has 1 fully saturated rings. The van der Waals surface area contributed by atoms with Crippen LogP contribution in [0.25, 0.3) is 0 Å². The predicted molar refractivity (Wildman–Crippen MR) is 62.4 cm³/mol. The molecule has 0 aromatic rings. The molecule has 8 heteroatoms. The van der Waals surface area contributed by atoms with Crippen molar-refractivity contribution < 1.29 is 34.4 Å². The zero-order valence-corrected chi connectivity index (χ0v) is 10.7. The van der Waals surface area contributed by atoms with Crippen LogP contribution in [-0.4, -0.2) is 51.4 Å². The van der Waals surface area contributed by atoms with Crippen LogP contribution in [0.4, 0.5) is 0 Å². The van der Waals surface area contributed by atoms with Crippen molar-refractivity contribution in [1.82, 2.24) is 0 Å². The van der Waals surface area contributed by atoms with E-state index in [1.807, 2.05) is 0 Å². The van der Waals surface area contributed by atoms with Gasteiger partial charge in [0.15, 0.2) is 5.78 Å². The lowest BCUT2D eigenvalue weighted by molar-refractivity contribution is -0.143. The number of carbonyl (C=O) groups is 3. The maximum absolute atomic E-state index is 11.2. The molecule has 0 aromatic carbocycles. The van der Waals surface area contributed by atoms with E-state index in [4.69, 9.17) is 20.2 Å². The number of carbonyl (C=O) groups excluding carboxylic acids is 1. The highest BCUT2D eigenvalue weighted by Gasteiger charge is 2.49. The first-order valence-electron chi connectivity index (χ1n) is 5.95. The molecule has 0 saturated carbocycles. The minimum atomic E-state index is -1.58. The smallest absolute Gasteiger partial charge is 0.303 e. The van der Waals surface area contributed by atoms with Gasteiger partial charge in [0, 0.05) is 11.8 Å². The summed E-state index contributed by atoms with van der Waals surface area (Å²) in [5.41, 5.74) is 0. The summed E-state index contributed by atoms with van der Waals surface area (Å²) in [6, 6.07) is 1.75. The summed E-state index contributed by atoms with van der Waals surface area (Å²) in [6.07, 6.45) is -4.86. The molecule has 5 atom stereocenters. The van der Waals surface area contributed by atoms with Crippen LogP contribution >= 0.6 is 0 Å². The molecule has 1 aliphatic rings. The van der Waals surface area contributed by atoms with Crippen molar-refractivity contribution in [2.24, 2.45) is 11.8 Å². The fourth-order valence-electron chi connectivity index (χ4n) is 2.43. The van der Waals surface area contributed by atoms with Crippen molar-refractivity contribution in [3.05, 3.63) is 0 Å². The van der Waals surface area contributed by atoms with Crippen LogP contribution in [0.3, 0.4) is 0 Å². The maximum atomic E-state index is 11.2. The number of nitrogens with zero attached hydrogens (tertiary/aromatic N) is 1. The monoisotopic (exact) mass is 285 g/mol. The number of hydrogen-bond acceptors (Lipinski definition) is 6. The number of rotatable bonds is 6. The minimum absolute atomic E-state index is 0.461. The Balaban J connectivity index is 3.06. The molecule has 0 spiro atoms. The number of Topliss-reactive ketones (excluding diaryl/α,β-unsaturated/α-hetero) is 1. The Hall–Kier alpha value is -1.98. The van der Waals surface area contributed by atoms with Crippen LogP contribution in [0, 0.1) is 23.2 Å². The molecule has 0 aromatic heterocycles. The number of aliphatic hydroxyl groups excluding tert-OH is 1. The number of ketones is 1. The van der Waals surface area contributed by atoms with Crippen molar-refractivity contribution in [2.45, 2.75) is 38.1 Å².